The van der Waals surface area contributed by atoms with Gasteiger partial charge in [0.2, 0.25) is 5.91 Å². The molecule has 4 rings (SSSR count). The summed E-state index contributed by atoms with van der Waals surface area (Å²) in [5.41, 5.74) is 2.39. The molecule has 0 bridgehead atoms. The summed E-state index contributed by atoms with van der Waals surface area (Å²) >= 11 is 4.45. The van der Waals surface area contributed by atoms with E-state index in [4.69, 9.17) is 4.74 Å². The van der Waals surface area contributed by atoms with Crippen molar-refractivity contribution in [3.63, 3.8) is 0 Å². The lowest BCUT2D eigenvalue weighted by molar-refractivity contribution is -0.111. The van der Waals surface area contributed by atoms with Crippen molar-refractivity contribution in [2.75, 3.05) is 24.3 Å². The Morgan fingerprint density at radius 1 is 1.38 bits per heavy atom. The molecule has 2 amide bonds. The Labute approximate surface area is 209 Å². The Morgan fingerprint density at radius 3 is 2.94 bits per heavy atom. The van der Waals surface area contributed by atoms with Crippen LogP contribution < -0.4 is 15.5 Å². The molecular weight excluding hydrogens is 490 g/mol. The van der Waals surface area contributed by atoms with Crippen molar-refractivity contribution >= 4 is 62.2 Å². The lowest BCUT2D eigenvalue weighted by Gasteiger charge is -2.22. The van der Waals surface area contributed by atoms with E-state index in [1.807, 2.05) is 35.8 Å². The van der Waals surface area contributed by atoms with Gasteiger partial charge in [-0.05, 0) is 46.9 Å². The standard InChI is InChI=1S/C23H23N5O3S3/c1-28(2)22-25-11-16(33-22)12-26-23(30)31-15-4-5-17-18(10-24)21(34-19(17)9-15)27-20(29)6-3-14-7-8-32-13-14/h3,6-8,11,13,15H,4-5,9,12H2,1-2H3,(H,26,30)(H,27,29). The number of alkyl carbamates (subject to hydrolysis) is 1. The topological polar surface area (TPSA) is 107 Å². The second-order valence-corrected chi connectivity index (χ2v) is 10.8. The van der Waals surface area contributed by atoms with E-state index in [0.29, 0.717) is 36.4 Å². The number of rotatable bonds is 7. The minimum absolute atomic E-state index is 0.279. The van der Waals surface area contributed by atoms with Gasteiger partial charge in [0.25, 0.3) is 0 Å². The maximum absolute atomic E-state index is 12.3. The molecule has 0 saturated heterocycles. The van der Waals surface area contributed by atoms with Crippen molar-refractivity contribution in [3.05, 3.63) is 55.5 Å². The molecule has 0 radical (unpaired) electrons. The van der Waals surface area contributed by atoms with E-state index in [9.17, 15) is 14.9 Å². The molecule has 8 nitrogen and oxygen atoms in total. The number of hydrogen-bond donors (Lipinski definition) is 2. The molecule has 1 unspecified atom stereocenters. The van der Waals surface area contributed by atoms with Crippen molar-refractivity contribution in [2.45, 2.75) is 31.9 Å². The number of amides is 2. The quantitative estimate of drug-likeness (QED) is 0.446. The number of carbonyl (C=O) groups is 2. The third-order valence-corrected chi connectivity index (χ3v) is 8.18. The molecule has 3 aromatic rings. The fourth-order valence-electron chi connectivity index (χ4n) is 3.50. The number of aromatic nitrogens is 1. The van der Waals surface area contributed by atoms with Crippen LogP contribution in [0.4, 0.5) is 14.9 Å². The van der Waals surface area contributed by atoms with E-state index in [0.717, 1.165) is 26.0 Å². The summed E-state index contributed by atoms with van der Waals surface area (Å²) in [7, 11) is 3.84. The third-order valence-electron chi connectivity index (χ3n) is 5.14. The number of ether oxygens (including phenoxy) is 1. The number of hydrogen-bond acceptors (Lipinski definition) is 9. The van der Waals surface area contributed by atoms with Crippen LogP contribution >= 0.6 is 34.0 Å². The van der Waals surface area contributed by atoms with E-state index in [1.54, 1.807) is 23.6 Å². The molecule has 0 spiro atoms. The molecule has 34 heavy (non-hydrogen) atoms. The van der Waals surface area contributed by atoms with Gasteiger partial charge in [0, 0.05) is 42.5 Å². The highest BCUT2D eigenvalue weighted by Crippen LogP contribution is 2.38. The second-order valence-electron chi connectivity index (χ2n) is 7.83. The Bertz CT molecular complexity index is 1240. The molecule has 0 aliphatic heterocycles. The Hall–Kier alpha value is -3.20. The van der Waals surface area contributed by atoms with Gasteiger partial charge in [0.15, 0.2) is 5.13 Å². The number of thiophene rings is 2. The number of nitriles is 1. The third kappa shape index (κ3) is 5.83. The summed E-state index contributed by atoms with van der Waals surface area (Å²) in [5, 5.41) is 20.6. The van der Waals surface area contributed by atoms with Crippen molar-refractivity contribution in [1.82, 2.24) is 10.3 Å². The zero-order chi connectivity index (χ0) is 24.1. The van der Waals surface area contributed by atoms with E-state index in [1.165, 1.54) is 28.7 Å². The van der Waals surface area contributed by atoms with Gasteiger partial charge in [0.1, 0.15) is 17.2 Å². The van der Waals surface area contributed by atoms with Crippen LogP contribution in [0, 0.1) is 11.3 Å². The van der Waals surface area contributed by atoms with Crippen LogP contribution in [0.25, 0.3) is 6.08 Å². The highest BCUT2D eigenvalue weighted by Gasteiger charge is 2.28. The van der Waals surface area contributed by atoms with E-state index >= 15 is 0 Å². The number of nitrogens with zero attached hydrogens (tertiary/aromatic N) is 3. The number of fused-ring (bicyclic) bond motifs is 1. The minimum Gasteiger partial charge on any atom is -0.446 e. The van der Waals surface area contributed by atoms with Crippen LogP contribution in [-0.4, -0.2) is 37.2 Å². The predicted octanol–water partition coefficient (Wildman–Crippen LogP) is 4.64. The van der Waals surface area contributed by atoms with E-state index < -0.39 is 6.09 Å². The molecule has 11 heteroatoms. The van der Waals surface area contributed by atoms with Crippen LogP contribution in [0.5, 0.6) is 0 Å². The highest BCUT2D eigenvalue weighted by molar-refractivity contribution is 7.16. The van der Waals surface area contributed by atoms with Gasteiger partial charge < -0.3 is 20.3 Å². The SMILES string of the molecule is CN(C)c1ncc(CNC(=O)OC2CCc3c(sc(NC(=O)C=Cc4ccsc4)c3C#N)C2)s1. The summed E-state index contributed by atoms with van der Waals surface area (Å²) in [6.45, 7) is 0.356. The summed E-state index contributed by atoms with van der Waals surface area (Å²) in [6, 6.07) is 4.15. The van der Waals surface area contributed by atoms with Crippen molar-refractivity contribution in [2.24, 2.45) is 0 Å². The van der Waals surface area contributed by atoms with Crippen molar-refractivity contribution in [1.29, 1.82) is 5.26 Å². The van der Waals surface area contributed by atoms with Gasteiger partial charge in [0.05, 0.1) is 12.1 Å². The second kappa shape index (κ2) is 10.8. The first-order valence-corrected chi connectivity index (χ1v) is 13.1. The summed E-state index contributed by atoms with van der Waals surface area (Å²) in [4.78, 5) is 32.8. The number of carbonyl (C=O) groups excluding carboxylic acids is 2. The van der Waals surface area contributed by atoms with Crippen LogP contribution in [0.2, 0.25) is 0 Å². The number of nitrogens with one attached hydrogen (secondary N) is 2. The number of thiazole rings is 1. The molecule has 3 aromatic heterocycles. The van der Waals surface area contributed by atoms with E-state index in [-0.39, 0.29) is 12.0 Å². The van der Waals surface area contributed by atoms with Gasteiger partial charge >= 0.3 is 6.09 Å². The lowest BCUT2D eigenvalue weighted by Crippen LogP contribution is -2.31. The average Bonchev–Trinajstić information content (AvgIpc) is 3.55. The smallest absolute Gasteiger partial charge is 0.407 e. The lowest BCUT2D eigenvalue weighted by atomic mass is 9.94. The Morgan fingerprint density at radius 2 is 2.24 bits per heavy atom. The molecule has 1 aliphatic rings. The van der Waals surface area contributed by atoms with Crippen LogP contribution in [0.1, 0.15) is 32.9 Å². The minimum atomic E-state index is -0.475. The molecule has 0 fully saturated rings. The maximum atomic E-state index is 12.3. The van der Waals surface area contributed by atoms with Gasteiger partial charge in [-0.2, -0.15) is 16.6 Å². The maximum Gasteiger partial charge on any atom is 0.407 e. The molecule has 1 aliphatic carbocycles. The zero-order valence-electron chi connectivity index (χ0n) is 18.7. The van der Waals surface area contributed by atoms with Gasteiger partial charge in [-0.1, -0.05) is 0 Å². The molecule has 3 heterocycles. The van der Waals surface area contributed by atoms with E-state index in [2.05, 4.69) is 21.7 Å². The molecule has 2 N–H and O–H groups in total. The molecule has 1 atom stereocenters. The monoisotopic (exact) mass is 513 g/mol. The molecule has 176 valence electrons. The van der Waals surface area contributed by atoms with Gasteiger partial charge in [-0.25, -0.2) is 9.78 Å². The van der Waals surface area contributed by atoms with Crippen molar-refractivity contribution < 1.29 is 14.3 Å². The Kier molecular flexibility index (Phi) is 7.62. The molecular formula is C23H23N5O3S3. The first-order valence-electron chi connectivity index (χ1n) is 10.6. The van der Waals surface area contributed by atoms with Crippen LogP contribution in [-0.2, 0) is 28.9 Å². The first kappa shape index (κ1) is 23.9. The molecule has 0 saturated carbocycles. The average molecular weight is 514 g/mol. The van der Waals surface area contributed by atoms with Gasteiger partial charge in [-0.15, -0.1) is 22.7 Å². The summed E-state index contributed by atoms with van der Waals surface area (Å²) in [5.74, 6) is -0.283. The fourth-order valence-corrected chi connectivity index (χ4v) is 6.16. The van der Waals surface area contributed by atoms with Crippen LogP contribution in [0.3, 0.4) is 0 Å². The predicted molar refractivity (Wildman–Crippen MR) is 137 cm³/mol. The molecule has 0 aromatic carbocycles. The Balaban J connectivity index is 1.33. The highest BCUT2D eigenvalue weighted by atomic mass is 32.1. The van der Waals surface area contributed by atoms with Gasteiger partial charge in [-0.3, -0.25) is 4.79 Å². The normalized spacial score (nSPS) is 14.9. The zero-order valence-corrected chi connectivity index (χ0v) is 21.1. The summed E-state index contributed by atoms with van der Waals surface area (Å²) < 4.78 is 5.62. The van der Waals surface area contributed by atoms with Crippen molar-refractivity contribution in [3.8, 4) is 6.07 Å². The first-order chi connectivity index (χ1) is 16.4. The fraction of sp³-hybridized carbons (Fsp3) is 0.304. The largest absolute Gasteiger partial charge is 0.446 e. The summed E-state index contributed by atoms with van der Waals surface area (Å²) in [6.07, 6.45) is 5.96. The number of anilines is 2. The van der Waals surface area contributed by atoms with Crippen LogP contribution in [0.15, 0.2) is 29.1 Å².